The van der Waals surface area contributed by atoms with E-state index >= 15 is 0 Å². The molecule has 0 saturated heterocycles. The third-order valence-corrected chi connectivity index (χ3v) is 3.98. The fraction of sp³-hybridized carbons (Fsp3) is 0.143. The molecule has 0 fully saturated rings. The number of nitrogens with zero attached hydrogens (tertiary/aromatic N) is 3. The van der Waals surface area contributed by atoms with Crippen molar-refractivity contribution >= 4 is 43.3 Å². The van der Waals surface area contributed by atoms with Gasteiger partial charge in [0.05, 0.1) is 6.04 Å². The van der Waals surface area contributed by atoms with E-state index < -0.39 is 0 Å². The van der Waals surface area contributed by atoms with Crippen LogP contribution >= 0.6 is 31.9 Å². The largest absolute Gasteiger partial charge is 0.360 e. The first-order valence-electron chi connectivity index (χ1n) is 6.15. The van der Waals surface area contributed by atoms with E-state index in [1.807, 2.05) is 28.9 Å². The highest BCUT2D eigenvalue weighted by atomic mass is 79.9. The lowest BCUT2D eigenvalue weighted by Crippen LogP contribution is -2.09. The number of fused-ring (bicyclic) bond motifs is 1. The van der Waals surface area contributed by atoms with Gasteiger partial charge < -0.3 is 9.72 Å². The van der Waals surface area contributed by atoms with Crippen LogP contribution in [0.5, 0.6) is 0 Å². The topological polar surface area (TPSA) is 42.2 Å². The lowest BCUT2D eigenvalue weighted by Gasteiger charge is -2.15. The van der Waals surface area contributed by atoms with Crippen LogP contribution in [0.25, 0.3) is 5.65 Å². The van der Waals surface area contributed by atoms with Crippen molar-refractivity contribution in [1.82, 2.24) is 14.4 Å². The molecule has 0 saturated carbocycles. The molecular formula is C14H12Br2N4. The van der Waals surface area contributed by atoms with E-state index in [2.05, 4.69) is 66.2 Å². The smallest absolute Gasteiger partial charge is 0.180 e. The molecule has 0 aliphatic carbocycles. The highest BCUT2D eigenvalue weighted by molar-refractivity contribution is 9.10. The van der Waals surface area contributed by atoms with Crippen LogP contribution in [0.15, 0.2) is 51.9 Å². The Hall–Kier alpha value is -1.40. The van der Waals surface area contributed by atoms with Gasteiger partial charge in [-0.15, -0.1) is 0 Å². The first-order chi connectivity index (χ1) is 9.63. The fourth-order valence-corrected chi connectivity index (χ4v) is 2.70. The van der Waals surface area contributed by atoms with Gasteiger partial charge >= 0.3 is 0 Å². The van der Waals surface area contributed by atoms with E-state index in [4.69, 9.17) is 0 Å². The van der Waals surface area contributed by atoms with Crippen LogP contribution in [0.3, 0.4) is 0 Å². The van der Waals surface area contributed by atoms with Crippen LogP contribution < -0.4 is 5.32 Å². The first kappa shape index (κ1) is 13.6. The molecule has 1 atom stereocenters. The summed E-state index contributed by atoms with van der Waals surface area (Å²) in [7, 11) is 0. The van der Waals surface area contributed by atoms with Crippen LogP contribution in [-0.4, -0.2) is 14.4 Å². The van der Waals surface area contributed by atoms with E-state index in [9.17, 15) is 0 Å². The molecule has 3 aromatic rings. The molecule has 1 aromatic carbocycles. The van der Waals surface area contributed by atoms with Crippen molar-refractivity contribution in [2.75, 3.05) is 5.32 Å². The molecule has 4 nitrogen and oxygen atoms in total. The van der Waals surface area contributed by atoms with Gasteiger partial charge in [0.1, 0.15) is 4.60 Å². The minimum atomic E-state index is 0.144. The Balaban J connectivity index is 1.92. The summed E-state index contributed by atoms with van der Waals surface area (Å²) >= 11 is 6.86. The monoisotopic (exact) mass is 394 g/mol. The SMILES string of the molecule is CC(Nc1nc(Br)cn2ccnc12)c1ccc(Br)cc1. The number of imidazole rings is 1. The Morgan fingerprint density at radius 2 is 1.95 bits per heavy atom. The summed E-state index contributed by atoms with van der Waals surface area (Å²) < 4.78 is 3.78. The number of hydrogen-bond donors (Lipinski definition) is 1. The molecule has 0 aliphatic rings. The Kier molecular flexibility index (Phi) is 3.76. The molecule has 2 heterocycles. The molecule has 0 radical (unpaired) electrons. The molecule has 0 spiro atoms. The molecule has 0 bridgehead atoms. The van der Waals surface area contributed by atoms with E-state index in [1.54, 1.807) is 6.20 Å². The average molecular weight is 396 g/mol. The number of anilines is 1. The van der Waals surface area contributed by atoms with Gasteiger partial charge in [0.15, 0.2) is 11.5 Å². The normalized spacial score (nSPS) is 12.6. The van der Waals surface area contributed by atoms with Crippen molar-refractivity contribution in [3.05, 3.63) is 57.5 Å². The minimum Gasteiger partial charge on any atom is -0.360 e. The summed E-state index contributed by atoms with van der Waals surface area (Å²) in [6.07, 6.45) is 5.55. The third-order valence-electron chi connectivity index (χ3n) is 3.07. The van der Waals surface area contributed by atoms with Crippen molar-refractivity contribution in [1.29, 1.82) is 0 Å². The van der Waals surface area contributed by atoms with Gasteiger partial charge in [-0.05, 0) is 40.5 Å². The van der Waals surface area contributed by atoms with Crippen molar-refractivity contribution < 1.29 is 0 Å². The lowest BCUT2D eigenvalue weighted by atomic mass is 10.1. The van der Waals surface area contributed by atoms with Gasteiger partial charge in [0, 0.05) is 23.1 Å². The van der Waals surface area contributed by atoms with Crippen LogP contribution in [-0.2, 0) is 0 Å². The van der Waals surface area contributed by atoms with Gasteiger partial charge in [-0.25, -0.2) is 9.97 Å². The fourth-order valence-electron chi connectivity index (χ4n) is 2.04. The molecule has 0 aliphatic heterocycles. The summed E-state index contributed by atoms with van der Waals surface area (Å²) in [6.45, 7) is 2.10. The zero-order valence-electron chi connectivity index (χ0n) is 10.7. The second-order valence-electron chi connectivity index (χ2n) is 4.49. The molecule has 20 heavy (non-hydrogen) atoms. The summed E-state index contributed by atoms with van der Waals surface area (Å²) in [5.41, 5.74) is 2.01. The predicted octanol–water partition coefficient (Wildman–Crippen LogP) is 4.43. The number of nitrogens with one attached hydrogen (secondary N) is 1. The van der Waals surface area contributed by atoms with Gasteiger partial charge in [-0.2, -0.15) is 0 Å². The number of hydrogen-bond acceptors (Lipinski definition) is 3. The second-order valence-corrected chi connectivity index (χ2v) is 6.22. The van der Waals surface area contributed by atoms with Crippen LogP contribution in [0.1, 0.15) is 18.5 Å². The van der Waals surface area contributed by atoms with Gasteiger partial charge in [-0.1, -0.05) is 28.1 Å². The Morgan fingerprint density at radius 1 is 1.20 bits per heavy atom. The number of benzene rings is 1. The molecule has 1 unspecified atom stereocenters. The summed E-state index contributed by atoms with van der Waals surface area (Å²) in [5, 5.41) is 3.41. The van der Waals surface area contributed by atoms with Gasteiger partial charge in [-0.3, -0.25) is 0 Å². The Morgan fingerprint density at radius 3 is 2.70 bits per heavy atom. The van der Waals surface area contributed by atoms with E-state index in [0.29, 0.717) is 0 Å². The molecule has 1 N–H and O–H groups in total. The lowest BCUT2D eigenvalue weighted by molar-refractivity contribution is 0.870. The van der Waals surface area contributed by atoms with E-state index in [1.165, 1.54) is 5.56 Å². The quantitative estimate of drug-likeness (QED) is 0.713. The molecule has 2 aromatic heterocycles. The van der Waals surface area contributed by atoms with Crippen LogP contribution in [0, 0.1) is 0 Å². The zero-order chi connectivity index (χ0) is 14.1. The predicted molar refractivity (Wildman–Crippen MR) is 86.9 cm³/mol. The standard InChI is InChI=1S/C14H12Br2N4/c1-9(10-2-4-11(15)5-3-10)18-13-14-17-6-7-20(14)8-12(16)19-13/h2-9H,1H3,(H,18,19). The van der Waals surface area contributed by atoms with E-state index in [0.717, 1.165) is 20.5 Å². The van der Waals surface area contributed by atoms with Gasteiger partial charge in [0.25, 0.3) is 0 Å². The van der Waals surface area contributed by atoms with Crippen molar-refractivity contribution in [2.24, 2.45) is 0 Å². The summed E-state index contributed by atoms with van der Waals surface area (Å²) in [6, 6.07) is 8.38. The van der Waals surface area contributed by atoms with Crippen molar-refractivity contribution in [2.45, 2.75) is 13.0 Å². The molecule has 102 valence electrons. The Bertz CT molecular complexity index is 737. The van der Waals surface area contributed by atoms with Crippen molar-refractivity contribution in [3.8, 4) is 0 Å². The van der Waals surface area contributed by atoms with Gasteiger partial charge in [0.2, 0.25) is 0 Å². The molecular weight excluding hydrogens is 384 g/mol. The highest BCUT2D eigenvalue weighted by Crippen LogP contribution is 2.23. The maximum Gasteiger partial charge on any atom is 0.180 e. The Labute approximate surface area is 133 Å². The van der Waals surface area contributed by atoms with Crippen LogP contribution in [0.4, 0.5) is 5.82 Å². The summed E-state index contributed by atoms with van der Waals surface area (Å²) in [5.74, 6) is 0.764. The summed E-state index contributed by atoms with van der Waals surface area (Å²) in [4.78, 5) is 8.80. The number of aromatic nitrogens is 3. The zero-order valence-corrected chi connectivity index (χ0v) is 13.9. The van der Waals surface area contributed by atoms with E-state index in [-0.39, 0.29) is 6.04 Å². The maximum atomic E-state index is 4.47. The maximum absolute atomic E-state index is 4.47. The third kappa shape index (κ3) is 2.71. The van der Waals surface area contributed by atoms with Crippen molar-refractivity contribution in [3.63, 3.8) is 0 Å². The average Bonchev–Trinajstić information content (AvgIpc) is 2.87. The number of halogens is 2. The molecule has 0 amide bonds. The molecule has 3 rings (SSSR count). The first-order valence-corrected chi connectivity index (χ1v) is 7.73. The highest BCUT2D eigenvalue weighted by Gasteiger charge is 2.11. The molecule has 6 heteroatoms. The minimum absolute atomic E-state index is 0.144. The number of rotatable bonds is 3. The van der Waals surface area contributed by atoms with Crippen LogP contribution in [0.2, 0.25) is 0 Å². The second kappa shape index (κ2) is 5.54.